The summed E-state index contributed by atoms with van der Waals surface area (Å²) in [5, 5.41) is 9.12. The molecule has 2 aromatic rings. The van der Waals surface area contributed by atoms with Crippen LogP contribution in [0.3, 0.4) is 0 Å². The van der Waals surface area contributed by atoms with Crippen molar-refractivity contribution in [3.05, 3.63) is 36.3 Å². The Morgan fingerprint density at radius 3 is 2.79 bits per heavy atom. The Labute approximate surface area is 165 Å². The number of pyridine rings is 1. The van der Waals surface area contributed by atoms with Crippen LogP contribution in [0.2, 0.25) is 0 Å². The van der Waals surface area contributed by atoms with Crippen molar-refractivity contribution in [3.8, 4) is 6.07 Å². The second kappa shape index (κ2) is 8.40. The molecule has 2 aromatic heterocycles. The summed E-state index contributed by atoms with van der Waals surface area (Å²) in [6.45, 7) is 5.05. The van der Waals surface area contributed by atoms with Gasteiger partial charge in [0.1, 0.15) is 17.6 Å². The topological polar surface area (TPSA) is 81.4 Å². The lowest BCUT2D eigenvalue weighted by molar-refractivity contribution is 0.122. The number of likely N-dealkylation sites (N-methyl/N-ethyl adjacent to an activating group) is 1. The van der Waals surface area contributed by atoms with E-state index < -0.39 is 0 Å². The molecule has 2 aliphatic heterocycles. The molecule has 8 nitrogen and oxygen atoms in total. The number of rotatable bonds is 4. The van der Waals surface area contributed by atoms with E-state index in [0.29, 0.717) is 11.7 Å². The van der Waals surface area contributed by atoms with Gasteiger partial charge in [0, 0.05) is 57.3 Å². The molecule has 2 fully saturated rings. The van der Waals surface area contributed by atoms with Crippen molar-refractivity contribution < 1.29 is 4.74 Å². The van der Waals surface area contributed by atoms with Crippen molar-refractivity contribution in [2.24, 2.45) is 0 Å². The zero-order valence-corrected chi connectivity index (χ0v) is 16.2. The van der Waals surface area contributed by atoms with E-state index in [1.807, 2.05) is 24.4 Å². The minimum Gasteiger partial charge on any atom is -0.378 e. The fourth-order valence-electron chi connectivity index (χ4n) is 3.82. The van der Waals surface area contributed by atoms with Crippen molar-refractivity contribution in [1.82, 2.24) is 15.0 Å². The first-order chi connectivity index (χ1) is 13.7. The Hall–Kier alpha value is -2.92. The molecule has 2 saturated heterocycles. The third-order valence-corrected chi connectivity index (χ3v) is 5.45. The van der Waals surface area contributed by atoms with Crippen LogP contribution in [0.1, 0.15) is 18.5 Å². The van der Waals surface area contributed by atoms with Crippen molar-refractivity contribution in [3.63, 3.8) is 0 Å². The van der Waals surface area contributed by atoms with Crippen molar-refractivity contribution in [2.45, 2.75) is 18.9 Å². The summed E-state index contributed by atoms with van der Waals surface area (Å²) in [6, 6.07) is 8.23. The second-order valence-corrected chi connectivity index (χ2v) is 7.18. The van der Waals surface area contributed by atoms with Gasteiger partial charge in [-0.25, -0.2) is 9.97 Å². The smallest absolute Gasteiger partial charge is 0.227 e. The van der Waals surface area contributed by atoms with E-state index in [9.17, 15) is 0 Å². The van der Waals surface area contributed by atoms with E-state index in [1.165, 1.54) is 0 Å². The molecule has 1 atom stereocenters. The quantitative estimate of drug-likeness (QED) is 0.794. The zero-order chi connectivity index (χ0) is 19.3. The molecule has 0 radical (unpaired) electrons. The normalized spacial score (nSPS) is 19.9. The molecule has 1 unspecified atom stereocenters. The van der Waals surface area contributed by atoms with Gasteiger partial charge in [-0.2, -0.15) is 10.2 Å². The van der Waals surface area contributed by atoms with Gasteiger partial charge in [-0.3, -0.25) is 0 Å². The van der Waals surface area contributed by atoms with E-state index in [-0.39, 0.29) is 0 Å². The van der Waals surface area contributed by atoms with E-state index in [2.05, 4.69) is 37.8 Å². The number of anilines is 3. The molecule has 0 amide bonds. The molecule has 4 rings (SSSR count). The minimum atomic E-state index is 0.312. The monoisotopic (exact) mass is 379 g/mol. The number of ether oxygens (including phenoxy) is 1. The van der Waals surface area contributed by atoms with E-state index in [4.69, 9.17) is 15.0 Å². The third kappa shape index (κ3) is 3.99. The standard InChI is InChI=1S/C20H25N7O/c1-25(20-23-7-5-19(24-20)26-9-11-28-12-10-26)18-3-2-8-27(15-18)17-4-6-22-16(13-17)14-21/h4-7,13,18H,2-3,8-12,15H2,1H3. The average Bonchev–Trinajstić information content (AvgIpc) is 2.79. The summed E-state index contributed by atoms with van der Waals surface area (Å²) in [7, 11) is 2.07. The Bertz CT molecular complexity index is 846. The molecule has 28 heavy (non-hydrogen) atoms. The lowest BCUT2D eigenvalue weighted by Crippen LogP contribution is -2.47. The Balaban J connectivity index is 1.48. The zero-order valence-electron chi connectivity index (χ0n) is 16.2. The summed E-state index contributed by atoms with van der Waals surface area (Å²) in [5.74, 6) is 1.71. The molecule has 0 spiro atoms. The highest BCUT2D eigenvalue weighted by Crippen LogP contribution is 2.25. The maximum Gasteiger partial charge on any atom is 0.227 e. The molecular weight excluding hydrogens is 354 g/mol. The largest absolute Gasteiger partial charge is 0.378 e. The van der Waals surface area contributed by atoms with Crippen LogP contribution in [-0.2, 0) is 4.74 Å². The van der Waals surface area contributed by atoms with E-state index in [1.54, 1.807) is 6.20 Å². The maximum absolute atomic E-state index is 9.12. The molecule has 4 heterocycles. The number of piperidine rings is 1. The number of hydrogen-bond acceptors (Lipinski definition) is 8. The van der Waals surface area contributed by atoms with Crippen LogP contribution in [0.25, 0.3) is 0 Å². The fourth-order valence-corrected chi connectivity index (χ4v) is 3.82. The predicted molar refractivity (Wildman–Crippen MR) is 108 cm³/mol. The van der Waals surface area contributed by atoms with Gasteiger partial charge >= 0.3 is 0 Å². The number of hydrogen-bond donors (Lipinski definition) is 0. The maximum atomic E-state index is 9.12. The number of morpholine rings is 1. The molecule has 8 heteroatoms. The molecule has 0 aliphatic carbocycles. The second-order valence-electron chi connectivity index (χ2n) is 7.18. The Morgan fingerprint density at radius 2 is 1.96 bits per heavy atom. The first-order valence-corrected chi connectivity index (χ1v) is 9.74. The van der Waals surface area contributed by atoms with Gasteiger partial charge in [-0.1, -0.05) is 0 Å². The predicted octanol–water partition coefficient (Wildman–Crippen LogP) is 1.69. The van der Waals surface area contributed by atoms with Gasteiger partial charge in [0.15, 0.2) is 0 Å². The first-order valence-electron chi connectivity index (χ1n) is 9.74. The van der Waals surface area contributed by atoms with Crippen molar-refractivity contribution >= 4 is 17.5 Å². The van der Waals surface area contributed by atoms with Gasteiger partial charge in [0.25, 0.3) is 0 Å². The lowest BCUT2D eigenvalue weighted by Gasteiger charge is -2.39. The number of nitriles is 1. The van der Waals surface area contributed by atoms with Crippen LogP contribution in [0.5, 0.6) is 0 Å². The van der Waals surface area contributed by atoms with Gasteiger partial charge in [0.05, 0.1) is 13.2 Å². The summed E-state index contributed by atoms with van der Waals surface area (Å²) in [5.41, 5.74) is 1.50. The fraction of sp³-hybridized carbons (Fsp3) is 0.500. The van der Waals surface area contributed by atoms with Crippen molar-refractivity contribution in [1.29, 1.82) is 5.26 Å². The van der Waals surface area contributed by atoms with Crippen LogP contribution in [-0.4, -0.2) is 67.4 Å². The Morgan fingerprint density at radius 1 is 1.14 bits per heavy atom. The van der Waals surface area contributed by atoms with Crippen LogP contribution < -0.4 is 14.7 Å². The Kier molecular flexibility index (Phi) is 5.53. The van der Waals surface area contributed by atoms with Crippen LogP contribution in [0, 0.1) is 11.3 Å². The van der Waals surface area contributed by atoms with Crippen LogP contribution in [0.15, 0.2) is 30.6 Å². The molecule has 146 valence electrons. The highest BCUT2D eigenvalue weighted by Gasteiger charge is 2.26. The van der Waals surface area contributed by atoms with E-state index >= 15 is 0 Å². The SMILES string of the molecule is CN(c1nccc(N2CCOCC2)n1)C1CCCN(c2ccnc(C#N)c2)C1. The van der Waals surface area contributed by atoms with Crippen molar-refractivity contribution in [2.75, 3.05) is 61.1 Å². The van der Waals surface area contributed by atoms with Crippen LogP contribution in [0.4, 0.5) is 17.5 Å². The highest BCUT2D eigenvalue weighted by molar-refractivity contribution is 5.50. The summed E-state index contributed by atoms with van der Waals surface area (Å²) >= 11 is 0. The van der Waals surface area contributed by atoms with E-state index in [0.717, 1.165) is 69.7 Å². The van der Waals surface area contributed by atoms with Crippen LogP contribution >= 0.6 is 0 Å². The molecule has 2 aliphatic rings. The first kappa shape index (κ1) is 18.4. The third-order valence-electron chi connectivity index (χ3n) is 5.45. The molecule has 0 saturated carbocycles. The molecule has 0 N–H and O–H groups in total. The summed E-state index contributed by atoms with van der Waals surface area (Å²) in [4.78, 5) is 20.2. The molecule has 0 aromatic carbocycles. The minimum absolute atomic E-state index is 0.312. The highest BCUT2D eigenvalue weighted by atomic mass is 16.5. The van der Waals surface area contributed by atoms with Gasteiger partial charge in [-0.15, -0.1) is 0 Å². The number of aromatic nitrogens is 3. The van der Waals surface area contributed by atoms with Gasteiger partial charge < -0.3 is 19.4 Å². The van der Waals surface area contributed by atoms with Gasteiger partial charge in [0.2, 0.25) is 5.95 Å². The van der Waals surface area contributed by atoms with Gasteiger partial charge in [-0.05, 0) is 31.0 Å². The average molecular weight is 379 g/mol. The molecular formula is C20H25N7O. The summed E-state index contributed by atoms with van der Waals surface area (Å²) in [6.07, 6.45) is 5.72. The number of nitrogens with zero attached hydrogens (tertiary/aromatic N) is 7. The molecule has 0 bridgehead atoms. The lowest BCUT2D eigenvalue weighted by atomic mass is 10.0. The summed E-state index contributed by atoms with van der Waals surface area (Å²) < 4.78 is 5.44.